The molecule has 7 heteroatoms. The van der Waals surface area contributed by atoms with Gasteiger partial charge in [-0.05, 0) is 62.1 Å². The van der Waals surface area contributed by atoms with Gasteiger partial charge in [0.05, 0.1) is 5.69 Å². The summed E-state index contributed by atoms with van der Waals surface area (Å²) in [5.41, 5.74) is 3.13. The maximum absolute atomic E-state index is 13.2. The second-order valence-corrected chi connectivity index (χ2v) is 8.66. The third kappa shape index (κ3) is 4.70. The van der Waals surface area contributed by atoms with Gasteiger partial charge in [0.15, 0.2) is 5.69 Å². The smallest absolute Gasteiger partial charge is 0.278 e. The molecule has 0 atom stereocenters. The van der Waals surface area contributed by atoms with E-state index in [9.17, 15) is 9.59 Å². The Bertz CT molecular complexity index is 1170. The van der Waals surface area contributed by atoms with Crippen molar-refractivity contribution in [1.82, 2.24) is 14.7 Å². The van der Waals surface area contributed by atoms with E-state index in [0.29, 0.717) is 17.3 Å². The molecule has 0 aliphatic carbocycles. The molecule has 1 aliphatic rings. The van der Waals surface area contributed by atoms with Gasteiger partial charge in [0, 0.05) is 49.2 Å². The lowest BCUT2D eigenvalue weighted by Crippen LogP contribution is -2.34. The number of amides is 1. The number of anilines is 1. The number of carbonyl (C=O) groups is 1. The number of nitrogens with zero attached hydrogens (tertiary/aromatic N) is 4. The monoisotopic (exact) mass is 450 g/mol. The van der Waals surface area contributed by atoms with Gasteiger partial charge in [-0.15, -0.1) is 0 Å². The predicted molar refractivity (Wildman–Crippen MR) is 128 cm³/mol. The Balaban J connectivity index is 1.61. The highest BCUT2D eigenvalue weighted by Gasteiger charge is 2.21. The van der Waals surface area contributed by atoms with Crippen LogP contribution < -0.4 is 10.3 Å². The molecular weight excluding hydrogens is 424 g/mol. The fraction of sp³-hybridized carbons (Fsp3) is 0.320. The number of carbonyl (C=O) groups excluding carboxylic acids is 1. The summed E-state index contributed by atoms with van der Waals surface area (Å²) in [4.78, 5) is 29.8. The Morgan fingerprint density at radius 3 is 2.47 bits per heavy atom. The van der Waals surface area contributed by atoms with Gasteiger partial charge in [-0.1, -0.05) is 29.8 Å². The molecule has 0 bridgehead atoms. The highest BCUT2D eigenvalue weighted by Crippen LogP contribution is 2.25. The van der Waals surface area contributed by atoms with Crippen molar-refractivity contribution >= 4 is 23.2 Å². The quantitative estimate of drug-likeness (QED) is 0.576. The summed E-state index contributed by atoms with van der Waals surface area (Å²) in [7, 11) is 1.71. The summed E-state index contributed by atoms with van der Waals surface area (Å²) in [5.74, 6) is -0.397. The second kappa shape index (κ2) is 9.57. The zero-order valence-corrected chi connectivity index (χ0v) is 19.2. The van der Waals surface area contributed by atoms with E-state index in [1.54, 1.807) is 47.8 Å². The molecule has 6 nitrogen and oxygen atoms in total. The number of para-hydroxylation sites is 1. The van der Waals surface area contributed by atoms with E-state index in [2.05, 4.69) is 16.1 Å². The van der Waals surface area contributed by atoms with Crippen LogP contribution in [0.15, 0.2) is 59.4 Å². The minimum absolute atomic E-state index is 0.0940. The summed E-state index contributed by atoms with van der Waals surface area (Å²) in [6.07, 6.45) is 3.62. The zero-order chi connectivity index (χ0) is 22.7. The average Bonchev–Trinajstić information content (AvgIpc) is 2.80. The topological polar surface area (TPSA) is 58.4 Å². The fourth-order valence-corrected chi connectivity index (χ4v) is 4.26. The summed E-state index contributed by atoms with van der Waals surface area (Å²) in [6.45, 7) is 4.25. The zero-order valence-electron chi connectivity index (χ0n) is 18.4. The van der Waals surface area contributed by atoms with E-state index in [1.807, 2.05) is 18.2 Å². The Hall–Kier alpha value is -3.12. The van der Waals surface area contributed by atoms with Crippen molar-refractivity contribution in [2.24, 2.45) is 0 Å². The first kappa shape index (κ1) is 22.1. The Morgan fingerprint density at radius 1 is 1.06 bits per heavy atom. The van der Waals surface area contributed by atoms with Crippen LogP contribution in [0, 0.1) is 6.92 Å². The standard InChI is InChI=1S/C25H27ClN4O2/c1-18-16-23(31)24(27-30(18)21-12-10-20(26)11-13-21)25(32)28(2)17-19-8-4-5-9-22(19)29-14-6-3-7-15-29/h4-5,8-13,16H,3,6-7,14-15,17H2,1-2H3. The number of hydrogen-bond donors (Lipinski definition) is 0. The van der Waals surface area contributed by atoms with E-state index in [4.69, 9.17) is 11.6 Å². The van der Waals surface area contributed by atoms with Gasteiger partial charge >= 0.3 is 0 Å². The Morgan fingerprint density at radius 2 is 1.75 bits per heavy atom. The van der Waals surface area contributed by atoms with Crippen molar-refractivity contribution < 1.29 is 4.79 Å². The SMILES string of the molecule is Cc1cc(=O)c(C(=O)N(C)Cc2ccccc2N2CCCCC2)nn1-c1ccc(Cl)cc1. The molecule has 3 aromatic rings. The van der Waals surface area contributed by atoms with Gasteiger partial charge in [-0.25, -0.2) is 4.68 Å². The van der Waals surface area contributed by atoms with Gasteiger partial charge < -0.3 is 9.80 Å². The predicted octanol–water partition coefficient (Wildman–Crippen LogP) is 4.46. The first-order chi connectivity index (χ1) is 15.4. The third-order valence-electron chi connectivity index (χ3n) is 5.82. The van der Waals surface area contributed by atoms with Crippen LogP contribution in [0.1, 0.15) is 41.0 Å². The summed E-state index contributed by atoms with van der Waals surface area (Å²) < 4.78 is 1.60. The van der Waals surface area contributed by atoms with Gasteiger partial charge in [0.1, 0.15) is 0 Å². The van der Waals surface area contributed by atoms with E-state index in [0.717, 1.165) is 30.0 Å². The van der Waals surface area contributed by atoms with Gasteiger partial charge in [-0.3, -0.25) is 9.59 Å². The van der Waals surface area contributed by atoms with Crippen molar-refractivity contribution in [2.45, 2.75) is 32.7 Å². The van der Waals surface area contributed by atoms with Crippen molar-refractivity contribution in [1.29, 1.82) is 0 Å². The molecule has 1 aromatic heterocycles. The van der Waals surface area contributed by atoms with Crippen LogP contribution in [-0.4, -0.2) is 40.7 Å². The molecule has 1 aliphatic heterocycles. The van der Waals surface area contributed by atoms with Crippen molar-refractivity contribution in [3.63, 3.8) is 0 Å². The minimum Gasteiger partial charge on any atom is -0.371 e. The number of halogens is 1. The van der Waals surface area contributed by atoms with Gasteiger partial charge in [0.25, 0.3) is 5.91 Å². The Labute approximate surface area is 193 Å². The minimum atomic E-state index is -0.397. The van der Waals surface area contributed by atoms with Crippen LogP contribution in [0.2, 0.25) is 5.02 Å². The highest BCUT2D eigenvalue weighted by molar-refractivity contribution is 6.30. The number of rotatable bonds is 5. The molecule has 0 saturated carbocycles. The summed E-state index contributed by atoms with van der Waals surface area (Å²) in [6, 6.07) is 16.7. The number of benzene rings is 2. The summed E-state index contributed by atoms with van der Waals surface area (Å²) in [5, 5.41) is 5.01. The maximum Gasteiger partial charge on any atom is 0.278 e. The molecular formula is C25H27ClN4O2. The number of piperidine rings is 1. The molecule has 4 rings (SSSR count). The van der Waals surface area contributed by atoms with Crippen LogP contribution in [0.4, 0.5) is 5.69 Å². The number of aryl methyl sites for hydroxylation is 1. The molecule has 1 fully saturated rings. The van der Waals surface area contributed by atoms with Crippen LogP contribution in [-0.2, 0) is 6.54 Å². The van der Waals surface area contributed by atoms with Crippen LogP contribution in [0.5, 0.6) is 0 Å². The normalized spacial score (nSPS) is 13.8. The molecule has 32 heavy (non-hydrogen) atoms. The van der Waals surface area contributed by atoms with Crippen LogP contribution in [0.3, 0.4) is 0 Å². The first-order valence-corrected chi connectivity index (χ1v) is 11.3. The van der Waals surface area contributed by atoms with Crippen LogP contribution in [0.25, 0.3) is 5.69 Å². The van der Waals surface area contributed by atoms with E-state index >= 15 is 0 Å². The van der Waals surface area contributed by atoms with E-state index in [1.165, 1.54) is 25.3 Å². The van der Waals surface area contributed by atoms with Crippen molar-refractivity contribution in [3.8, 4) is 5.69 Å². The third-order valence-corrected chi connectivity index (χ3v) is 6.08. The fourth-order valence-electron chi connectivity index (χ4n) is 4.14. The number of aromatic nitrogens is 2. The molecule has 0 unspecified atom stereocenters. The average molecular weight is 451 g/mol. The summed E-state index contributed by atoms with van der Waals surface area (Å²) >= 11 is 5.99. The lowest BCUT2D eigenvalue weighted by atomic mass is 10.1. The second-order valence-electron chi connectivity index (χ2n) is 8.22. The molecule has 0 radical (unpaired) electrons. The van der Waals surface area contributed by atoms with E-state index < -0.39 is 5.91 Å². The molecule has 1 saturated heterocycles. The largest absolute Gasteiger partial charge is 0.371 e. The molecule has 2 heterocycles. The highest BCUT2D eigenvalue weighted by atomic mass is 35.5. The van der Waals surface area contributed by atoms with Crippen molar-refractivity contribution in [2.75, 3.05) is 25.0 Å². The molecule has 1 amide bonds. The van der Waals surface area contributed by atoms with E-state index in [-0.39, 0.29) is 11.1 Å². The lowest BCUT2D eigenvalue weighted by Gasteiger charge is -2.31. The number of hydrogen-bond acceptors (Lipinski definition) is 4. The molecule has 166 valence electrons. The van der Waals surface area contributed by atoms with Crippen LogP contribution >= 0.6 is 11.6 Å². The Kier molecular flexibility index (Phi) is 6.61. The molecule has 2 aromatic carbocycles. The van der Waals surface area contributed by atoms with Crippen molar-refractivity contribution in [3.05, 3.63) is 86.8 Å². The van der Waals surface area contributed by atoms with Gasteiger partial charge in [-0.2, -0.15) is 5.10 Å². The first-order valence-electron chi connectivity index (χ1n) is 10.9. The van der Waals surface area contributed by atoms with Gasteiger partial charge in [0.2, 0.25) is 5.43 Å². The molecule has 0 spiro atoms. The lowest BCUT2D eigenvalue weighted by molar-refractivity contribution is 0.0776. The molecule has 0 N–H and O–H groups in total. The maximum atomic E-state index is 13.2.